The van der Waals surface area contributed by atoms with Crippen LogP contribution in [0.15, 0.2) is 18.3 Å². The zero-order valence-electron chi connectivity index (χ0n) is 7.86. The summed E-state index contributed by atoms with van der Waals surface area (Å²) in [6.45, 7) is 3.11. The summed E-state index contributed by atoms with van der Waals surface area (Å²) in [6.07, 6.45) is 1.13. The van der Waals surface area contributed by atoms with E-state index in [1.54, 1.807) is 13.8 Å². The summed E-state index contributed by atoms with van der Waals surface area (Å²) in [6, 6.07) is 2.42. The van der Waals surface area contributed by atoms with Gasteiger partial charge in [0.05, 0.1) is 17.1 Å². The summed E-state index contributed by atoms with van der Waals surface area (Å²) in [7, 11) is -3.38. The fourth-order valence-electron chi connectivity index (χ4n) is 0.718. The van der Waals surface area contributed by atoms with E-state index in [1.165, 1.54) is 6.07 Å². The molecule has 78 valence electrons. The van der Waals surface area contributed by atoms with E-state index >= 15 is 0 Å². The Bertz CT molecular complexity index is 400. The normalized spacial score (nSPS) is 11.7. The van der Waals surface area contributed by atoms with Crippen molar-refractivity contribution in [2.75, 3.05) is 4.72 Å². The van der Waals surface area contributed by atoms with Gasteiger partial charge in [0.15, 0.2) is 0 Å². The van der Waals surface area contributed by atoms with E-state index in [1.807, 2.05) is 0 Å². The highest BCUT2D eigenvalue weighted by atomic mass is 32.2. The van der Waals surface area contributed by atoms with E-state index < -0.39 is 21.2 Å². The Kier molecular flexibility index (Phi) is 3.05. The molecule has 0 spiro atoms. The summed E-state index contributed by atoms with van der Waals surface area (Å²) in [5.41, 5.74) is 0.264. The molecule has 1 rings (SSSR count). The highest BCUT2D eigenvalue weighted by Gasteiger charge is 2.15. The molecule has 0 amide bonds. The van der Waals surface area contributed by atoms with Crippen LogP contribution in [0.5, 0.6) is 0 Å². The lowest BCUT2D eigenvalue weighted by molar-refractivity contribution is 0.583. The van der Waals surface area contributed by atoms with Crippen LogP contribution in [-0.2, 0) is 10.0 Å². The second kappa shape index (κ2) is 3.91. The molecule has 0 saturated heterocycles. The Balaban J connectivity index is 2.85. The second-order valence-corrected chi connectivity index (χ2v) is 5.30. The topological polar surface area (TPSA) is 59.1 Å². The first kappa shape index (κ1) is 10.9. The van der Waals surface area contributed by atoms with E-state index in [4.69, 9.17) is 0 Å². The number of aromatic nitrogens is 1. The van der Waals surface area contributed by atoms with E-state index in [2.05, 4.69) is 9.71 Å². The lowest BCUT2D eigenvalue weighted by Gasteiger charge is -2.09. The van der Waals surface area contributed by atoms with Gasteiger partial charge >= 0.3 is 0 Å². The van der Waals surface area contributed by atoms with Crippen molar-refractivity contribution in [2.24, 2.45) is 0 Å². The van der Waals surface area contributed by atoms with Crippen LogP contribution in [0.2, 0.25) is 0 Å². The van der Waals surface area contributed by atoms with Gasteiger partial charge in [-0.2, -0.15) is 4.39 Å². The van der Waals surface area contributed by atoms with Crippen molar-refractivity contribution >= 4 is 15.7 Å². The van der Waals surface area contributed by atoms with Gasteiger partial charge in [0, 0.05) is 0 Å². The van der Waals surface area contributed by atoms with Crippen molar-refractivity contribution in [3.05, 3.63) is 24.3 Å². The molecule has 1 aromatic heterocycles. The van der Waals surface area contributed by atoms with Crippen LogP contribution in [0.1, 0.15) is 13.8 Å². The Hall–Kier alpha value is -1.17. The standard InChI is InChI=1S/C8H11FN2O2S/c1-6(2)14(12,13)11-7-3-4-8(9)10-5-7/h3-6,11H,1-2H3. The first-order valence-corrected chi connectivity index (χ1v) is 5.59. The molecule has 6 heteroatoms. The predicted molar refractivity (Wildman–Crippen MR) is 51.9 cm³/mol. The summed E-state index contributed by atoms with van der Waals surface area (Å²) in [5.74, 6) is -0.641. The summed E-state index contributed by atoms with van der Waals surface area (Å²) in [4.78, 5) is 3.33. The van der Waals surface area contributed by atoms with Gasteiger partial charge in [0.2, 0.25) is 16.0 Å². The van der Waals surface area contributed by atoms with Crippen LogP contribution in [0.4, 0.5) is 10.1 Å². The molecule has 0 aliphatic rings. The minimum absolute atomic E-state index is 0.264. The highest BCUT2D eigenvalue weighted by molar-refractivity contribution is 7.93. The number of anilines is 1. The number of hydrogen-bond donors (Lipinski definition) is 1. The van der Waals surface area contributed by atoms with Gasteiger partial charge in [-0.15, -0.1) is 0 Å². The van der Waals surface area contributed by atoms with E-state index in [9.17, 15) is 12.8 Å². The third-order valence-corrected chi connectivity index (χ3v) is 3.37. The van der Waals surface area contributed by atoms with Crippen molar-refractivity contribution in [3.63, 3.8) is 0 Å². The van der Waals surface area contributed by atoms with Crippen LogP contribution < -0.4 is 4.72 Å². The van der Waals surface area contributed by atoms with Crippen molar-refractivity contribution in [1.29, 1.82) is 0 Å². The number of sulfonamides is 1. The lowest BCUT2D eigenvalue weighted by Crippen LogP contribution is -2.22. The van der Waals surface area contributed by atoms with Gasteiger partial charge in [-0.25, -0.2) is 13.4 Å². The highest BCUT2D eigenvalue weighted by Crippen LogP contribution is 2.10. The number of hydrogen-bond acceptors (Lipinski definition) is 3. The molecule has 0 aromatic carbocycles. The fourth-order valence-corrected chi connectivity index (χ4v) is 1.40. The minimum atomic E-state index is -3.38. The van der Waals surface area contributed by atoms with Crippen LogP contribution in [0.3, 0.4) is 0 Å². The zero-order chi connectivity index (χ0) is 10.8. The summed E-state index contributed by atoms with van der Waals surface area (Å²) in [5, 5.41) is -0.535. The Morgan fingerprint density at radius 2 is 2.07 bits per heavy atom. The van der Waals surface area contributed by atoms with Crippen LogP contribution in [0, 0.1) is 5.95 Å². The van der Waals surface area contributed by atoms with Gasteiger partial charge in [-0.3, -0.25) is 4.72 Å². The molecule has 0 aliphatic heterocycles. The Labute approximate surface area is 82.2 Å². The Morgan fingerprint density at radius 1 is 1.43 bits per heavy atom. The third kappa shape index (κ3) is 2.66. The van der Waals surface area contributed by atoms with E-state index in [-0.39, 0.29) is 5.69 Å². The maximum absolute atomic E-state index is 12.4. The molecule has 0 atom stereocenters. The van der Waals surface area contributed by atoms with Crippen LogP contribution >= 0.6 is 0 Å². The zero-order valence-corrected chi connectivity index (χ0v) is 8.68. The lowest BCUT2D eigenvalue weighted by atomic mass is 10.4. The molecule has 0 aliphatic carbocycles. The average Bonchev–Trinajstić information content (AvgIpc) is 2.08. The molecule has 0 bridgehead atoms. The fraction of sp³-hybridized carbons (Fsp3) is 0.375. The van der Waals surface area contributed by atoms with Crippen molar-refractivity contribution in [3.8, 4) is 0 Å². The molecule has 1 heterocycles. The molecular formula is C8H11FN2O2S. The smallest absolute Gasteiger partial charge is 0.235 e. The summed E-state index contributed by atoms with van der Waals surface area (Å²) < 4.78 is 37.4. The third-order valence-electron chi connectivity index (χ3n) is 1.61. The maximum Gasteiger partial charge on any atom is 0.235 e. The second-order valence-electron chi connectivity index (χ2n) is 3.07. The number of halogens is 1. The maximum atomic E-state index is 12.4. The van der Waals surface area contributed by atoms with Crippen molar-refractivity contribution in [2.45, 2.75) is 19.1 Å². The van der Waals surface area contributed by atoms with Gasteiger partial charge < -0.3 is 0 Å². The molecule has 4 nitrogen and oxygen atoms in total. The largest absolute Gasteiger partial charge is 0.282 e. The number of nitrogens with one attached hydrogen (secondary N) is 1. The molecule has 0 saturated carbocycles. The molecule has 0 radical (unpaired) electrons. The molecular weight excluding hydrogens is 207 g/mol. The monoisotopic (exact) mass is 218 g/mol. The van der Waals surface area contributed by atoms with Crippen LogP contribution in [0.25, 0.3) is 0 Å². The van der Waals surface area contributed by atoms with Gasteiger partial charge in [0.1, 0.15) is 0 Å². The molecule has 14 heavy (non-hydrogen) atoms. The number of pyridine rings is 1. The number of nitrogens with zero attached hydrogens (tertiary/aromatic N) is 1. The van der Waals surface area contributed by atoms with Crippen molar-refractivity contribution in [1.82, 2.24) is 4.98 Å². The first-order chi connectivity index (χ1) is 6.42. The van der Waals surface area contributed by atoms with E-state index in [0.29, 0.717) is 0 Å². The molecule has 0 fully saturated rings. The summed E-state index contributed by atoms with van der Waals surface area (Å²) >= 11 is 0. The molecule has 1 aromatic rings. The molecule has 1 N–H and O–H groups in total. The van der Waals surface area contributed by atoms with E-state index in [0.717, 1.165) is 12.3 Å². The van der Waals surface area contributed by atoms with Crippen LogP contribution in [-0.4, -0.2) is 18.7 Å². The quantitative estimate of drug-likeness (QED) is 0.779. The van der Waals surface area contributed by atoms with Crippen molar-refractivity contribution < 1.29 is 12.8 Å². The van der Waals surface area contributed by atoms with Gasteiger partial charge in [-0.05, 0) is 26.0 Å². The minimum Gasteiger partial charge on any atom is -0.282 e. The molecule has 0 unspecified atom stereocenters. The SMILES string of the molecule is CC(C)S(=O)(=O)Nc1ccc(F)nc1. The number of rotatable bonds is 3. The predicted octanol–water partition coefficient (Wildman–Crippen LogP) is 1.37. The van der Waals surface area contributed by atoms with Gasteiger partial charge in [-0.1, -0.05) is 0 Å². The van der Waals surface area contributed by atoms with Gasteiger partial charge in [0.25, 0.3) is 0 Å². The first-order valence-electron chi connectivity index (χ1n) is 4.05. The Morgan fingerprint density at radius 3 is 2.50 bits per heavy atom. The average molecular weight is 218 g/mol.